The molecule has 2 rings (SSSR count). The number of likely N-dealkylation sites (tertiary alicyclic amines) is 1. The van der Waals surface area contributed by atoms with E-state index < -0.39 is 10.2 Å². The largest absolute Gasteiger partial charge is 0.301 e. The highest BCUT2D eigenvalue weighted by Crippen LogP contribution is 2.25. The smallest absolute Gasteiger partial charge is 0.279 e. The maximum absolute atomic E-state index is 12.1. The minimum atomic E-state index is -3.38. The highest BCUT2D eigenvalue weighted by atomic mass is 32.2. The zero-order valence-electron chi connectivity index (χ0n) is 14.6. The molecule has 0 radical (unpaired) electrons. The first kappa shape index (κ1) is 18.4. The third-order valence-corrected chi connectivity index (χ3v) is 6.20. The van der Waals surface area contributed by atoms with E-state index in [0.29, 0.717) is 11.8 Å². The lowest BCUT2D eigenvalue weighted by Gasteiger charge is -2.24. The van der Waals surface area contributed by atoms with E-state index >= 15 is 0 Å². The number of benzene rings is 1. The molecule has 1 fully saturated rings. The van der Waals surface area contributed by atoms with Crippen molar-refractivity contribution in [2.45, 2.75) is 26.3 Å². The highest BCUT2D eigenvalue weighted by molar-refractivity contribution is 7.87. The zero-order valence-corrected chi connectivity index (χ0v) is 15.4. The second kappa shape index (κ2) is 7.75. The molecule has 1 heterocycles. The molecule has 1 saturated heterocycles. The van der Waals surface area contributed by atoms with E-state index in [9.17, 15) is 8.42 Å². The molecule has 1 N–H and O–H groups in total. The Kier molecular flexibility index (Phi) is 6.19. The van der Waals surface area contributed by atoms with E-state index in [0.717, 1.165) is 26.1 Å². The number of rotatable bonds is 7. The Balaban J connectivity index is 1.97. The Morgan fingerprint density at radius 3 is 2.43 bits per heavy atom. The summed E-state index contributed by atoms with van der Waals surface area (Å²) in [4.78, 5) is 2.38. The SMILES string of the molecule is CC(C)[C@@H]1CN(CCc2ccccc2)C[C@H]1NS(=O)(=O)N(C)C. The second-order valence-electron chi connectivity index (χ2n) is 6.91. The Morgan fingerprint density at radius 1 is 1.22 bits per heavy atom. The van der Waals surface area contributed by atoms with Gasteiger partial charge in [-0.2, -0.15) is 17.4 Å². The molecule has 6 heteroatoms. The first-order valence-electron chi connectivity index (χ1n) is 8.25. The number of hydrogen-bond donors (Lipinski definition) is 1. The molecule has 130 valence electrons. The van der Waals surface area contributed by atoms with Gasteiger partial charge in [0.2, 0.25) is 0 Å². The summed E-state index contributed by atoms with van der Waals surface area (Å²) in [5, 5.41) is 0. The van der Waals surface area contributed by atoms with Crippen molar-refractivity contribution in [2.75, 3.05) is 33.7 Å². The number of hydrogen-bond acceptors (Lipinski definition) is 3. The van der Waals surface area contributed by atoms with Gasteiger partial charge in [0, 0.05) is 39.8 Å². The molecule has 0 unspecified atom stereocenters. The summed E-state index contributed by atoms with van der Waals surface area (Å²) < 4.78 is 28.4. The van der Waals surface area contributed by atoms with E-state index in [2.05, 4.69) is 47.7 Å². The van der Waals surface area contributed by atoms with Crippen molar-refractivity contribution < 1.29 is 8.42 Å². The molecule has 1 aromatic rings. The number of nitrogens with zero attached hydrogens (tertiary/aromatic N) is 2. The van der Waals surface area contributed by atoms with Gasteiger partial charge in [0.25, 0.3) is 10.2 Å². The topological polar surface area (TPSA) is 52.7 Å². The van der Waals surface area contributed by atoms with Crippen LogP contribution in [0.2, 0.25) is 0 Å². The summed E-state index contributed by atoms with van der Waals surface area (Å²) in [5.74, 6) is 0.798. The van der Waals surface area contributed by atoms with Gasteiger partial charge >= 0.3 is 0 Å². The van der Waals surface area contributed by atoms with Crippen molar-refractivity contribution in [3.05, 3.63) is 35.9 Å². The molecular formula is C17H29N3O2S. The van der Waals surface area contributed by atoms with Crippen LogP contribution < -0.4 is 4.72 Å². The molecule has 1 aliphatic heterocycles. The van der Waals surface area contributed by atoms with Crippen molar-refractivity contribution in [1.29, 1.82) is 0 Å². The van der Waals surface area contributed by atoms with Gasteiger partial charge in [0.1, 0.15) is 0 Å². The van der Waals surface area contributed by atoms with Crippen LogP contribution in [0.1, 0.15) is 19.4 Å². The Labute approximate surface area is 140 Å². The van der Waals surface area contributed by atoms with Crippen LogP contribution in [0, 0.1) is 11.8 Å². The maximum Gasteiger partial charge on any atom is 0.279 e. The molecular weight excluding hydrogens is 310 g/mol. The average Bonchev–Trinajstić information content (AvgIpc) is 2.88. The fraction of sp³-hybridized carbons (Fsp3) is 0.647. The molecule has 1 aromatic carbocycles. The minimum Gasteiger partial charge on any atom is -0.301 e. The van der Waals surface area contributed by atoms with Crippen molar-refractivity contribution >= 4 is 10.2 Å². The first-order chi connectivity index (χ1) is 10.8. The lowest BCUT2D eigenvalue weighted by molar-refractivity contribution is 0.305. The van der Waals surface area contributed by atoms with Gasteiger partial charge in [0.15, 0.2) is 0 Å². The molecule has 0 aliphatic carbocycles. The van der Waals surface area contributed by atoms with Crippen molar-refractivity contribution in [3.63, 3.8) is 0 Å². The van der Waals surface area contributed by atoms with Gasteiger partial charge in [-0.05, 0) is 23.8 Å². The third-order valence-electron chi connectivity index (χ3n) is 4.64. The summed E-state index contributed by atoms with van der Waals surface area (Å²) in [6.45, 7) is 7.03. The van der Waals surface area contributed by atoms with Gasteiger partial charge in [-0.1, -0.05) is 44.2 Å². The van der Waals surface area contributed by atoms with Crippen LogP contribution in [0.5, 0.6) is 0 Å². The summed E-state index contributed by atoms with van der Waals surface area (Å²) in [6, 6.07) is 10.4. The van der Waals surface area contributed by atoms with E-state index in [-0.39, 0.29) is 6.04 Å². The highest BCUT2D eigenvalue weighted by Gasteiger charge is 2.37. The maximum atomic E-state index is 12.1. The quantitative estimate of drug-likeness (QED) is 0.821. The monoisotopic (exact) mass is 339 g/mol. The summed E-state index contributed by atoms with van der Waals surface area (Å²) in [5.41, 5.74) is 1.32. The predicted octanol–water partition coefficient (Wildman–Crippen LogP) is 1.58. The molecule has 1 aliphatic rings. The first-order valence-corrected chi connectivity index (χ1v) is 9.69. The van der Waals surface area contributed by atoms with Crippen molar-refractivity contribution in [3.8, 4) is 0 Å². The van der Waals surface area contributed by atoms with Gasteiger partial charge in [0.05, 0.1) is 0 Å². The molecule has 0 saturated carbocycles. The Hall–Kier alpha value is -0.950. The molecule has 0 amide bonds. The normalized spacial score (nSPS) is 23.0. The molecule has 2 atom stereocenters. The lowest BCUT2D eigenvalue weighted by atomic mass is 9.92. The van der Waals surface area contributed by atoms with Crippen molar-refractivity contribution in [2.24, 2.45) is 11.8 Å². The summed E-state index contributed by atoms with van der Waals surface area (Å²) in [6.07, 6.45) is 0.999. The fourth-order valence-electron chi connectivity index (χ4n) is 3.12. The summed E-state index contributed by atoms with van der Waals surface area (Å²) in [7, 11) is -0.253. The van der Waals surface area contributed by atoms with E-state index in [4.69, 9.17) is 0 Å². The second-order valence-corrected chi connectivity index (χ2v) is 8.83. The van der Waals surface area contributed by atoms with E-state index in [1.165, 1.54) is 9.87 Å². The van der Waals surface area contributed by atoms with Gasteiger partial charge < -0.3 is 4.90 Å². The predicted molar refractivity (Wildman–Crippen MR) is 94.4 cm³/mol. The van der Waals surface area contributed by atoms with Gasteiger partial charge in [-0.25, -0.2) is 0 Å². The van der Waals surface area contributed by atoms with Crippen LogP contribution in [0.4, 0.5) is 0 Å². The van der Waals surface area contributed by atoms with Crippen LogP contribution in [0.25, 0.3) is 0 Å². The zero-order chi connectivity index (χ0) is 17.0. The van der Waals surface area contributed by atoms with Crippen molar-refractivity contribution in [1.82, 2.24) is 13.9 Å². The molecule has 0 spiro atoms. The van der Waals surface area contributed by atoms with Crippen LogP contribution >= 0.6 is 0 Å². The lowest BCUT2D eigenvalue weighted by Crippen LogP contribution is -2.46. The molecule has 0 aromatic heterocycles. The van der Waals surface area contributed by atoms with Crippen LogP contribution in [0.3, 0.4) is 0 Å². The van der Waals surface area contributed by atoms with Crippen LogP contribution in [-0.4, -0.2) is 57.4 Å². The van der Waals surface area contributed by atoms with Crippen LogP contribution in [-0.2, 0) is 16.6 Å². The Morgan fingerprint density at radius 2 is 1.87 bits per heavy atom. The van der Waals surface area contributed by atoms with Gasteiger partial charge in [-0.3, -0.25) is 0 Å². The number of nitrogens with one attached hydrogen (secondary N) is 1. The average molecular weight is 340 g/mol. The molecule has 0 bridgehead atoms. The fourth-order valence-corrected chi connectivity index (χ4v) is 3.97. The van der Waals surface area contributed by atoms with Crippen LogP contribution in [0.15, 0.2) is 30.3 Å². The minimum absolute atomic E-state index is 0.0156. The standard InChI is InChI=1S/C17H29N3O2S/c1-14(2)16-12-20(11-10-15-8-6-5-7-9-15)13-17(16)18-23(21,22)19(3)4/h5-9,14,16-18H,10-13H2,1-4H3/t16-,17+/m0/s1. The molecule has 23 heavy (non-hydrogen) atoms. The van der Waals surface area contributed by atoms with E-state index in [1.54, 1.807) is 14.1 Å². The Bertz CT molecular complexity index is 587. The third kappa shape index (κ3) is 5.01. The van der Waals surface area contributed by atoms with E-state index in [1.807, 2.05) is 6.07 Å². The summed E-state index contributed by atoms with van der Waals surface area (Å²) >= 11 is 0. The van der Waals surface area contributed by atoms with Gasteiger partial charge in [-0.15, -0.1) is 0 Å². The molecule has 5 nitrogen and oxygen atoms in total.